The van der Waals surface area contributed by atoms with Crippen LogP contribution >= 0.6 is 11.6 Å². The van der Waals surface area contributed by atoms with E-state index >= 15 is 0 Å². The monoisotopic (exact) mass is 289 g/mol. The minimum Gasteiger partial charge on any atom is -0.374 e. The lowest BCUT2D eigenvalue weighted by Crippen LogP contribution is -2.47. The van der Waals surface area contributed by atoms with Crippen molar-refractivity contribution in [2.45, 2.75) is 65.7 Å². The van der Waals surface area contributed by atoms with Crippen LogP contribution in [0.5, 0.6) is 0 Å². The summed E-state index contributed by atoms with van der Waals surface area (Å²) in [7, 11) is 0. The Hall–Kier alpha value is -0.280. The van der Waals surface area contributed by atoms with E-state index in [0.29, 0.717) is 18.5 Å². The highest BCUT2D eigenvalue weighted by atomic mass is 35.5. The van der Waals surface area contributed by atoms with Gasteiger partial charge in [0.1, 0.15) is 0 Å². The van der Waals surface area contributed by atoms with E-state index in [1.54, 1.807) is 0 Å². The van der Waals surface area contributed by atoms with Crippen molar-refractivity contribution < 1.29 is 9.53 Å². The smallest absolute Gasteiger partial charge is 0.228 e. The first kappa shape index (κ1) is 16.8. The van der Waals surface area contributed by atoms with Crippen molar-refractivity contribution in [3.63, 3.8) is 0 Å². The average molecular weight is 290 g/mol. The average Bonchev–Trinajstić information content (AvgIpc) is 2.63. The molecular weight excluding hydrogens is 262 g/mol. The van der Waals surface area contributed by atoms with Crippen LogP contribution in [0.3, 0.4) is 0 Å². The summed E-state index contributed by atoms with van der Waals surface area (Å²) < 4.78 is 5.80. The van der Waals surface area contributed by atoms with Gasteiger partial charge in [-0.3, -0.25) is 4.79 Å². The fourth-order valence-electron chi connectivity index (χ4n) is 3.18. The van der Waals surface area contributed by atoms with Gasteiger partial charge in [0.25, 0.3) is 0 Å². The summed E-state index contributed by atoms with van der Waals surface area (Å²) in [5, 5.41) is 0. The lowest BCUT2D eigenvalue weighted by atomic mass is 9.87. The van der Waals surface area contributed by atoms with Crippen LogP contribution in [0, 0.1) is 11.8 Å². The molecule has 0 N–H and O–H groups in total. The van der Waals surface area contributed by atoms with Crippen LogP contribution in [0.4, 0.5) is 0 Å². The summed E-state index contributed by atoms with van der Waals surface area (Å²) in [6, 6.07) is 0.293. The Labute approximate surface area is 122 Å². The summed E-state index contributed by atoms with van der Waals surface area (Å²) >= 11 is 5.88. The van der Waals surface area contributed by atoms with Crippen molar-refractivity contribution in [3.05, 3.63) is 0 Å². The minimum atomic E-state index is -0.0289. The summed E-state index contributed by atoms with van der Waals surface area (Å²) in [5.74, 6) is 0.959. The molecular formula is C15H28ClNO2. The van der Waals surface area contributed by atoms with E-state index in [-0.39, 0.29) is 30.0 Å². The number of hydrogen-bond donors (Lipinski definition) is 0. The minimum absolute atomic E-state index is 0.00434. The maximum Gasteiger partial charge on any atom is 0.228 e. The number of nitrogens with zero attached hydrogens (tertiary/aromatic N) is 1. The Bertz CT molecular complexity index is 294. The van der Waals surface area contributed by atoms with E-state index in [0.717, 1.165) is 12.8 Å². The van der Waals surface area contributed by atoms with Gasteiger partial charge in [0.15, 0.2) is 0 Å². The quantitative estimate of drug-likeness (QED) is 0.702. The van der Waals surface area contributed by atoms with Gasteiger partial charge in [-0.1, -0.05) is 20.8 Å². The van der Waals surface area contributed by atoms with Gasteiger partial charge >= 0.3 is 0 Å². The third kappa shape index (κ3) is 3.63. The summed E-state index contributed by atoms with van der Waals surface area (Å²) in [6.07, 6.45) is 2.11. The van der Waals surface area contributed by atoms with Crippen LogP contribution in [0.25, 0.3) is 0 Å². The Morgan fingerprint density at radius 1 is 1.21 bits per heavy atom. The molecule has 19 heavy (non-hydrogen) atoms. The highest BCUT2D eigenvalue weighted by molar-refractivity contribution is 6.18. The number of ether oxygens (including phenoxy) is 1. The maximum absolute atomic E-state index is 12.8. The Balaban J connectivity index is 2.87. The zero-order valence-electron chi connectivity index (χ0n) is 12.9. The van der Waals surface area contributed by atoms with Crippen LogP contribution < -0.4 is 0 Å². The van der Waals surface area contributed by atoms with Gasteiger partial charge in [0.2, 0.25) is 5.91 Å². The molecule has 0 aromatic carbocycles. The molecule has 4 heteroatoms. The first-order valence-electron chi connectivity index (χ1n) is 7.49. The van der Waals surface area contributed by atoms with Gasteiger partial charge in [0, 0.05) is 18.5 Å². The standard InChI is InChI=1S/C15H28ClNO2/c1-6-13(7-2)17(9-8-16)15(18)14-10(3)11(4)19-12(14)5/h10-14H,6-9H2,1-5H3. The highest BCUT2D eigenvalue weighted by Gasteiger charge is 2.43. The predicted molar refractivity (Wildman–Crippen MR) is 79.5 cm³/mol. The molecule has 0 bridgehead atoms. The van der Waals surface area contributed by atoms with Crippen LogP contribution in [0.2, 0.25) is 0 Å². The Morgan fingerprint density at radius 2 is 1.79 bits per heavy atom. The van der Waals surface area contributed by atoms with Crippen molar-refractivity contribution in [1.82, 2.24) is 4.90 Å². The summed E-state index contributed by atoms with van der Waals surface area (Å²) in [5.41, 5.74) is 0. The zero-order chi connectivity index (χ0) is 14.6. The van der Waals surface area contributed by atoms with Gasteiger partial charge < -0.3 is 9.64 Å². The van der Waals surface area contributed by atoms with Crippen LogP contribution in [-0.4, -0.2) is 41.5 Å². The largest absolute Gasteiger partial charge is 0.374 e. The van der Waals surface area contributed by atoms with Crippen molar-refractivity contribution in [2.24, 2.45) is 11.8 Å². The van der Waals surface area contributed by atoms with Crippen molar-refractivity contribution in [1.29, 1.82) is 0 Å². The second-order valence-electron chi connectivity index (χ2n) is 5.62. The second kappa shape index (κ2) is 7.49. The SMILES string of the molecule is CCC(CC)N(CCCl)C(=O)C1C(C)OC(C)C1C. The number of amides is 1. The third-order valence-corrected chi connectivity index (χ3v) is 4.69. The molecule has 1 heterocycles. The van der Waals surface area contributed by atoms with Crippen LogP contribution in [0.1, 0.15) is 47.5 Å². The van der Waals surface area contributed by atoms with Gasteiger partial charge in [-0.25, -0.2) is 0 Å². The fourth-order valence-corrected chi connectivity index (χ4v) is 3.36. The van der Waals surface area contributed by atoms with E-state index in [2.05, 4.69) is 27.7 Å². The van der Waals surface area contributed by atoms with Crippen LogP contribution in [0.15, 0.2) is 0 Å². The molecule has 1 saturated heterocycles. The molecule has 1 fully saturated rings. The molecule has 1 aliphatic heterocycles. The zero-order valence-corrected chi connectivity index (χ0v) is 13.6. The molecule has 4 atom stereocenters. The molecule has 0 radical (unpaired) electrons. The number of halogens is 1. The first-order valence-corrected chi connectivity index (χ1v) is 8.03. The molecule has 1 amide bonds. The first-order chi connectivity index (χ1) is 8.97. The Morgan fingerprint density at radius 3 is 2.16 bits per heavy atom. The molecule has 4 unspecified atom stereocenters. The Kier molecular flexibility index (Phi) is 6.61. The van der Waals surface area contributed by atoms with Crippen molar-refractivity contribution in [2.75, 3.05) is 12.4 Å². The van der Waals surface area contributed by atoms with Crippen molar-refractivity contribution in [3.8, 4) is 0 Å². The second-order valence-corrected chi connectivity index (χ2v) is 6.00. The number of hydrogen-bond acceptors (Lipinski definition) is 2. The summed E-state index contributed by atoms with van der Waals surface area (Å²) in [4.78, 5) is 14.8. The van der Waals surface area contributed by atoms with Crippen LogP contribution in [-0.2, 0) is 9.53 Å². The lowest BCUT2D eigenvalue weighted by molar-refractivity contribution is -0.140. The molecule has 0 aliphatic carbocycles. The molecule has 1 aliphatic rings. The molecule has 0 saturated carbocycles. The molecule has 3 nitrogen and oxygen atoms in total. The maximum atomic E-state index is 12.8. The molecule has 112 valence electrons. The number of carbonyl (C=O) groups excluding carboxylic acids is 1. The van der Waals surface area contributed by atoms with E-state index in [4.69, 9.17) is 16.3 Å². The molecule has 0 aromatic rings. The predicted octanol–water partition coefficient (Wildman–Crippen LogP) is 3.30. The van der Waals surface area contributed by atoms with E-state index in [1.807, 2.05) is 11.8 Å². The van der Waals surface area contributed by atoms with Gasteiger partial charge in [-0.15, -0.1) is 11.6 Å². The fraction of sp³-hybridized carbons (Fsp3) is 0.933. The van der Waals surface area contributed by atoms with Gasteiger partial charge in [-0.05, 0) is 32.6 Å². The van der Waals surface area contributed by atoms with Crippen molar-refractivity contribution >= 4 is 17.5 Å². The highest BCUT2D eigenvalue weighted by Crippen LogP contribution is 2.34. The third-order valence-electron chi connectivity index (χ3n) is 4.52. The lowest BCUT2D eigenvalue weighted by Gasteiger charge is -2.34. The molecule has 1 rings (SSSR count). The number of alkyl halides is 1. The number of carbonyl (C=O) groups is 1. The normalized spacial score (nSPS) is 30.9. The van der Waals surface area contributed by atoms with E-state index in [1.165, 1.54) is 0 Å². The van der Waals surface area contributed by atoms with E-state index < -0.39 is 0 Å². The molecule has 0 spiro atoms. The van der Waals surface area contributed by atoms with Gasteiger partial charge in [0.05, 0.1) is 18.1 Å². The topological polar surface area (TPSA) is 29.5 Å². The van der Waals surface area contributed by atoms with E-state index in [9.17, 15) is 4.79 Å². The summed E-state index contributed by atoms with van der Waals surface area (Å²) in [6.45, 7) is 11.1. The molecule has 0 aromatic heterocycles. The van der Waals surface area contributed by atoms with Gasteiger partial charge in [-0.2, -0.15) is 0 Å². The number of rotatable bonds is 6.